The molecular weight excluding hydrogens is 336 g/mol. The highest BCUT2D eigenvalue weighted by Crippen LogP contribution is 2.24. The van der Waals surface area contributed by atoms with Gasteiger partial charge in [0.15, 0.2) is 10.6 Å². The summed E-state index contributed by atoms with van der Waals surface area (Å²) >= 11 is 1.32. The van der Waals surface area contributed by atoms with Crippen molar-refractivity contribution < 1.29 is 10.2 Å². The van der Waals surface area contributed by atoms with E-state index in [4.69, 9.17) is 0 Å². The first kappa shape index (κ1) is 15.3. The van der Waals surface area contributed by atoms with Crippen LogP contribution in [-0.2, 0) is 7.05 Å². The Hall–Kier alpha value is -3.19. The summed E-state index contributed by atoms with van der Waals surface area (Å²) in [7, 11) is 1.73. The number of hydrogen-bond donors (Lipinski definition) is 2. The first-order chi connectivity index (χ1) is 12.1. The summed E-state index contributed by atoms with van der Waals surface area (Å²) in [6.07, 6.45) is 1.74. The summed E-state index contributed by atoms with van der Waals surface area (Å²) in [4.78, 5) is 14.6. The van der Waals surface area contributed by atoms with E-state index in [0.717, 1.165) is 10.7 Å². The monoisotopic (exact) mass is 350 g/mol. The van der Waals surface area contributed by atoms with Crippen molar-refractivity contribution in [2.24, 2.45) is 22.0 Å². The molecule has 0 aliphatic carbocycles. The second-order valence-electron chi connectivity index (χ2n) is 5.48. The molecule has 6 nitrogen and oxygen atoms in total. The van der Waals surface area contributed by atoms with Crippen molar-refractivity contribution >= 4 is 23.1 Å². The highest BCUT2D eigenvalue weighted by atomic mass is 32.1. The van der Waals surface area contributed by atoms with Crippen LogP contribution < -0.4 is 15.5 Å². The Morgan fingerprint density at radius 2 is 1.76 bits per heavy atom. The third-order valence-electron chi connectivity index (χ3n) is 3.69. The van der Waals surface area contributed by atoms with E-state index in [2.05, 4.69) is 15.0 Å². The van der Waals surface area contributed by atoms with Gasteiger partial charge >= 0.3 is 0 Å². The van der Waals surface area contributed by atoms with Crippen LogP contribution in [0.4, 0.5) is 5.69 Å². The number of aromatic nitrogens is 1. The zero-order valence-electron chi connectivity index (χ0n) is 13.3. The van der Waals surface area contributed by atoms with Gasteiger partial charge in [0.25, 0.3) is 0 Å². The predicted molar refractivity (Wildman–Crippen MR) is 95.0 cm³/mol. The fourth-order valence-corrected chi connectivity index (χ4v) is 3.40. The van der Waals surface area contributed by atoms with Crippen molar-refractivity contribution in [2.75, 3.05) is 0 Å². The average molecular weight is 350 g/mol. The van der Waals surface area contributed by atoms with E-state index in [1.807, 2.05) is 24.3 Å². The van der Waals surface area contributed by atoms with Gasteiger partial charge in [-0.1, -0.05) is 29.5 Å². The molecule has 124 valence electrons. The van der Waals surface area contributed by atoms with Gasteiger partial charge in [-0.05, 0) is 24.3 Å². The molecule has 0 saturated carbocycles. The molecule has 0 amide bonds. The summed E-state index contributed by atoms with van der Waals surface area (Å²) in [6, 6.07) is 14.3. The lowest BCUT2D eigenvalue weighted by atomic mass is 10.3. The summed E-state index contributed by atoms with van der Waals surface area (Å²) < 4.78 is 1.59. The number of phenols is 1. The minimum atomic E-state index is 0.0951. The minimum absolute atomic E-state index is 0.0951. The SMILES string of the molecule is Cn1c(O)c(C=C2N=c3ccccc3=N2)sc1=Nc1cccc(O)c1. The van der Waals surface area contributed by atoms with Crippen LogP contribution in [0.15, 0.2) is 69.3 Å². The number of aromatic hydroxyl groups is 2. The van der Waals surface area contributed by atoms with Crippen molar-refractivity contribution in [1.29, 1.82) is 0 Å². The number of nitrogens with zero attached hydrogens (tertiary/aromatic N) is 4. The molecule has 0 bridgehead atoms. The standard InChI is InChI=1S/C18H14N4O2S/c1-22-17(24)15(10-16-20-13-7-2-3-8-14(13)21-16)25-18(22)19-11-5-4-6-12(23)9-11/h2-10,23-24H,1H3. The molecule has 3 aromatic rings. The van der Waals surface area contributed by atoms with Crippen LogP contribution in [0, 0.1) is 0 Å². The fraction of sp³-hybridized carbons (Fsp3) is 0.0556. The molecule has 1 aliphatic heterocycles. The van der Waals surface area contributed by atoms with Gasteiger partial charge in [0.1, 0.15) is 5.75 Å². The number of phenolic OH excluding ortho intramolecular Hbond substituents is 1. The largest absolute Gasteiger partial charge is 0.508 e. The van der Waals surface area contributed by atoms with Crippen molar-refractivity contribution in [1.82, 2.24) is 4.57 Å². The second kappa shape index (κ2) is 6.03. The van der Waals surface area contributed by atoms with Gasteiger partial charge in [-0.15, -0.1) is 0 Å². The predicted octanol–water partition coefficient (Wildman–Crippen LogP) is 1.98. The van der Waals surface area contributed by atoms with Crippen molar-refractivity contribution in [2.45, 2.75) is 0 Å². The molecule has 2 N–H and O–H groups in total. The van der Waals surface area contributed by atoms with Crippen LogP contribution >= 0.6 is 11.3 Å². The van der Waals surface area contributed by atoms with Gasteiger partial charge in [-0.3, -0.25) is 4.57 Å². The van der Waals surface area contributed by atoms with Crippen LogP contribution in [0.5, 0.6) is 11.6 Å². The number of para-hydroxylation sites is 2. The molecule has 0 saturated heterocycles. The van der Waals surface area contributed by atoms with E-state index in [1.165, 1.54) is 11.3 Å². The van der Waals surface area contributed by atoms with Gasteiger partial charge in [0.05, 0.1) is 21.3 Å². The average Bonchev–Trinajstić information content (AvgIpc) is 3.11. The minimum Gasteiger partial charge on any atom is -0.508 e. The lowest BCUT2D eigenvalue weighted by molar-refractivity contribution is 0.427. The van der Waals surface area contributed by atoms with Gasteiger partial charge < -0.3 is 10.2 Å². The van der Waals surface area contributed by atoms with E-state index in [9.17, 15) is 10.2 Å². The van der Waals surface area contributed by atoms with E-state index < -0.39 is 0 Å². The Balaban J connectivity index is 1.78. The molecule has 25 heavy (non-hydrogen) atoms. The molecule has 0 radical (unpaired) electrons. The van der Waals surface area contributed by atoms with Crippen LogP contribution in [0.25, 0.3) is 6.08 Å². The zero-order valence-corrected chi connectivity index (χ0v) is 14.1. The lowest BCUT2D eigenvalue weighted by Gasteiger charge is -1.96. The van der Waals surface area contributed by atoms with E-state index >= 15 is 0 Å². The lowest BCUT2D eigenvalue weighted by Crippen LogP contribution is -2.19. The molecule has 7 heteroatoms. The first-order valence-corrected chi connectivity index (χ1v) is 8.38. The maximum atomic E-state index is 10.4. The molecule has 0 spiro atoms. The fourth-order valence-electron chi connectivity index (χ4n) is 2.44. The number of hydrogen-bond acceptors (Lipinski definition) is 6. The molecule has 0 unspecified atom stereocenters. The molecule has 2 aromatic carbocycles. The molecule has 0 fully saturated rings. The van der Waals surface area contributed by atoms with Crippen LogP contribution in [-0.4, -0.2) is 14.8 Å². The van der Waals surface area contributed by atoms with Gasteiger partial charge in [0.2, 0.25) is 5.88 Å². The van der Waals surface area contributed by atoms with Crippen molar-refractivity contribution in [3.63, 3.8) is 0 Å². The Labute approximate surface area is 146 Å². The third-order valence-corrected chi connectivity index (χ3v) is 4.76. The third kappa shape index (κ3) is 2.97. The Kier molecular flexibility index (Phi) is 3.70. The maximum Gasteiger partial charge on any atom is 0.211 e. The van der Waals surface area contributed by atoms with Gasteiger partial charge in [0, 0.05) is 19.2 Å². The number of benzene rings is 2. The molecule has 1 aromatic heterocycles. The van der Waals surface area contributed by atoms with E-state index in [-0.39, 0.29) is 11.6 Å². The van der Waals surface area contributed by atoms with Gasteiger partial charge in [-0.25, -0.2) is 15.0 Å². The smallest absolute Gasteiger partial charge is 0.211 e. The highest BCUT2D eigenvalue weighted by Gasteiger charge is 2.10. The first-order valence-electron chi connectivity index (χ1n) is 7.57. The summed E-state index contributed by atoms with van der Waals surface area (Å²) in [6.45, 7) is 0. The zero-order chi connectivity index (χ0) is 17.4. The molecular formula is C18H14N4O2S. The molecule has 1 aliphatic rings. The van der Waals surface area contributed by atoms with Crippen LogP contribution in [0.1, 0.15) is 4.88 Å². The number of thiazole rings is 1. The molecule has 4 rings (SSSR count). The van der Waals surface area contributed by atoms with E-state index in [1.54, 1.807) is 42.0 Å². The topological polar surface area (TPSA) is 82.5 Å². The van der Waals surface area contributed by atoms with Crippen molar-refractivity contribution in [3.8, 4) is 11.6 Å². The Morgan fingerprint density at radius 1 is 1.04 bits per heavy atom. The van der Waals surface area contributed by atoms with Crippen molar-refractivity contribution in [3.05, 3.63) is 74.7 Å². The van der Waals surface area contributed by atoms with Crippen LogP contribution in [0.2, 0.25) is 0 Å². The normalized spacial score (nSPS) is 13.3. The maximum absolute atomic E-state index is 10.4. The number of rotatable bonds is 2. The Morgan fingerprint density at radius 3 is 2.44 bits per heavy atom. The summed E-state index contributed by atoms with van der Waals surface area (Å²) in [5.41, 5.74) is 0.610. The quantitative estimate of drug-likeness (QED) is 0.741. The Bertz CT molecular complexity index is 1150. The molecule has 2 heterocycles. The van der Waals surface area contributed by atoms with Gasteiger partial charge in [-0.2, -0.15) is 0 Å². The van der Waals surface area contributed by atoms with Crippen LogP contribution in [0.3, 0.4) is 0 Å². The summed E-state index contributed by atoms with van der Waals surface area (Å²) in [5, 5.41) is 21.5. The second-order valence-corrected chi connectivity index (χ2v) is 6.49. The number of fused-ring (bicyclic) bond motifs is 1. The highest BCUT2D eigenvalue weighted by molar-refractivity contribution is 7.10. The summed E-state index contributed by atoms with van der Waals surface area (Å²) in [5.74, 6) is 0.786. The molecule has 0 atom stereocenters. The van der Waals surface area contributed by atoms with E-state index in [0.29, 0.717) is 21.2 Å².